The fraction of sp³-hybridized carbons (Fsp3) is 0.150. The smallest absolute Gasteiger partial charge is 0.254 e. The van der Waals surface area contributed by atoms with Crippen molar-refractivity contribution in [3.8, 4) is 5.69 Å². The monoisotopic (exact) mass is 349 g/mol. The van der Waals surface area contributed by atoms with Gasteiger partial charge in [0, 0.05) is 18.3 Å². The van der Waals surface area contributed by atoms with Gasteiger partial charge >= 0.3 is 0 Å². The average molecular weight is 349 g/mol. The Morgan fingerprint density at radius 2 is 1.73 bits per heavy atom. The van der Waals surface area contributed by atoms with Crippen LogP contribution in [0.15, 0.2) is 67.0 Å². The second-order valence-corrected chi connectivity index (χ2v) is 5.30. The minimum absolute atomic E-state index is 0.0268. The van der Waals surface area contributed by atoms with E-state index >= 15 is 0 Å². The van der Waals surface area contributed by atoms with Gasteiger partial charge in [-0.2, -0.15) is 5.10 Å². The summed E-state index contributed by atoms with van der Waals surface area (Å²) >= 11 is 0. The number of nitrogen functional groups attached to an aromatic ring is 1. The van der Waals surface area contributed by atoms with E-state index in [0.29, 0.717) is 17.7 Å². The largest absolute Gasteiger partial charge is 0.384 e. The molecule has 6 nitrogen and oxygen atoms in total. The van der Waals surface area contributed by atoms with Crippen LogP contribution in [-0.2, 0) is 6.54 Å². The fourth-order valence-electron chi connectivity index (χ4n) is 2.25. The number of nitrogens with two attached hydrogens (primary N) is 1. The molecule has 0 fully saturated rings. The summed E-state index contributed by atoms with van der Waals surface area (Å²) in [7, 11) is 0. The van der Waals surface area contributed by atoms with Crippen molar-refractivity contribution < 1.29 is 4.79 Å². The number of amides is 1. The number of carbonyl (C=O) groups is 1. The maximum absolute atomic E-state index is 12.2. The molecule has 0 aliphatic rings. The van der Waals surface area contributed by atoms with Gasteiger partial charge < -0.3 is 11.1 Å². The first-order valence-electron chi connectivity index (χ1n) is 8.45. The van der Waals surface area contributed by atoms with Crippen LogP contribution in [0.3, 0.4) is 0 Å². The Morgan fingerprint density at radius 3 is 2.35 bits per heavy atom. The van der Waals surface area contributed by atoms with Crippen LogP contribution in [0.2, 0.25) is 0 Å². The number of hydrogen-bond donors (Lipinski definition) is 3. The van der Waals surface area contributed by atoms with E-state index in [0.717, 1.165) is 11.3 Å². The molecule has 26 heavy (non-hydrogen) atoms. The molecule has 3 rings (SSSR count). The van der Waals surface area contributed by atoms with Crippen LogP contribution in [0, 0.1) is 5.41 Å². The normalized spacial score (nSPS) is 9.77. The summed E-state index contributed by atoms with van der Waals surface area (Å²) in [6.07, 6.45) is 3.24. The van der Waals surface area contributed by atoms with Gasteiger partial charge in [-0.05, 0) is 17.7 Å². The first kappa shape index (κ1) is 18.9. The molecule has 0 radical (unpaired) electrons. The van der Waals surface area contributed by atoms with Crippen LogP contribution in [0.5, 0.6) is 0 Å². The number of nitrogens with zero attached hydrogens (tertiary/aromatic N) is 2. The van der Waals surface area contributed by atoms with Crippen molar-refractivity contribution in [2.24, 2.45) is 5.73 Å². The van der Waals surface area contributed by atoms with Gasteiger partial charge in [0.05, 0.1) is 17.4 Å². The average Bonchev–Trinajstić information content (AvgIpc) is 3.19. The molecule has 1 aromatic heterocycles. The third-order valence-electron chi connectivity index (χ3n) is 3.58. The molecule has 4 N–H and O–H groups in total. The second-order valence-electron chi connectivity index (χ2n) is 5.30. The number of amidine groups is 1. The molecule has 3 aromatic rings. The van der Waals surface area contributed by atoms with E-state index in [2.05, 4.69) is 10.4 Å². The van der Waals surface area contributed by atoms with E-state index in [1.54, 1.807) is 29.2 Å². The van der Waals surface area contributed by atoms with Crippen molar-refractivity contribution in [2.75, 3.05) is 0 Å². The molecule has 134 valence electrons. The Bertz CT molecular complexity index is 853. The molecule has 6 heteroatoms. The predicted molar refractivity (Wildman–Crippen MR) is 104 cm³/mol. The van der Waals surface area contributed by atoms with Gasteiger partial charge in [0.1, 0.15) is 5.84 Å². The fourth-order valence-corrected chi connectivity index (χ4v) is 2.25. The maximum atomic E-state index is 12.2. The highest BCUT2D eigenvalue weighted by molar-refractivity contribution is 5.95. The topological polar surface area (TPSA) is 96.8 Å². The molecule has 0 unspecified atom stereocenters. The van der Waals surface area contributed by atoms with E-state index in [-0.39, 0.29) is 11.7 Å². The minimum atomic E-state index is -0.187. The highest BCUT2D eigenvalue weighted by atomic mass is 16.1. The van der Waals surface area contributed by atoms with E-state index < -0.39 is 0 Å². The highest BCUT2D eigenvalue weighted by Gasteiger charge is 2.09. The van der Waals surface area contributed by atoms with Crippen LogP contribution in [0.25, 0.3) is 5.69 Å². The molecule has 0 saturated carbocycles. The quantitative estimate of drug-likeness (QED) is 0.488. The van der Waals surface area contributed by atoms with Crippen molar-refractivity contribution in [1.82, 2.24) is 15.1 Å². The van der Waals surface area contributed by atoms with Gasteiger partial charge in [-0.3, -0.25) is 10.2 Å². The lowest BCUT2D eigenvalue weighted by Crippen LogP contribution is -2.22. The van der Waals surface area contributed by atoms with Gasteiger partial charge in [-0.25, -0.2) is 4.68 Å². The number of nitrogens with one attached hydrogen (secondary N) is 2. The standard InChI is InChI=1S/C18H17N5O.C2H6/c19-17(20)14-8-6-13(7-9-14)10-21-18(24)15-11-22-23(12-15)16-4-2-1-3-5-16;1-2/h1-9,11-12H,10H2,(H3,19,20)(H,21,24);1-2H3. The summed E-state index contributed by atoms with van der Waals surface area (Å²) in [6.45, 7) is 4.40. The van der Waals surface area contributed by atoms with Crippen molar-refractivity contribution in [3.05, 3.63) is 83.7 Å². The van der Waals surface area contributed by atoms with E-state index in [1.807, 2.05) is 56.3 Å². The first-order chi connectivity index (χ1) is 12.6. The van der Waals surface area contributed by atoms with Crippen LogP contribution in [0.1, 0.15) is 35.3 Å². The molecular weight excluding hydrogens is 326 g/mol. The zero-order valence-electron chi connectivity index (χ0n) is 14.9. The Morgan fingerprint density at radius 1 is 1.08 bits per heavy atom. The first-order valence-corrected chi connectivity index (χ1v) is 8.45. The van der Waals surface area contributed by atoms with Crippen molar-refractivity contribution in [2.45, 2.75) is 20.4 Å². The van der Waals surface area contributed by atoms with Crippen LogP contribution in [0.4, 0.5) is 0 Å². The zero-order chi connectivity index (χ0) is 18.9. The third-order valence-corrected chi connectivity index (χ3v) is 3.58. The Balaban J connectivity index is 0.00000117. The summed E-state index contributed by atoms with van der Waals surface area (Å²) in [5.41, 5.74) is 8.41. The van der Waals surface area contributed by atoms with Gasteiger partial charge in [0.25, 0.3) is 5.91 Å². The Kier molecular flexibility index (Phi) is 6.68. The third kappa shape index (κ3) is 4.80. The summed E-state index contributed by atoms with van der Waals surface area (Å²) in [5.74, 6) is -0.160. The minimum Gasteiger partial charge on any atom is -0.384 e. The Labute approximate surface area is 153 Å². The Hall–Kier alpha value is -3.41. The second kappa shape index (κ2) is 9.17. The van der Waals surface area contributed by atoms with Crippen molar-refractivity contribution >= 4 is 11.7 Å². The molecule has 0 bridgehead atoms. The van der Waals surface area contributed by atoms with Gasteiger partial charge in [0.2, 0.25) is 0 Å². The number of rotatable bonds is 5. The lowest BCUT2D eigenvalue weighted by Gasteiger charge is -2.05. The van der Waals surface area contributed by atoms with Gasteiger partial charge in [-0.1, -0.05) is 56.3 Å². The molecular formula is C20H23N5O. The lowest BCUT2D eigenvalue weighted by atomic mass is 10.1. The van der Waals surface area contributed by atoms with Gasteiger partial charge in [-0.15, -0.1) is 0 Å². The number of para-hydroxylation sites is 1. The molecule has 0 aliphatic heterocycles. The SMILES string of the molecule is CC.N=C(N)c1ccc(CNC(=O)c2cnn(-c3ccccc3)c2)cc1. The summed E-state index contributed by atoms with van der Waals surface area (Å²) in [5, 5.41) is 14.4. The molecule has 0 aliphatic carbocycles. The van der Waals surface area contributed by atoms with E-state index in [9.17, 15) is 4.79 Å². The molecule has 1 heterocycles. The highest BCUT2D eigenvalue weighted by Crippen LogP contribution is 2.08. The predicted octanol–water partition coefficient (Wildman–Crippen LogP) is 3.11. The van der Waals surface area contributed by atoms with Crippen molar-refractivity contribution in [1.29, 1.82) is 5.41 Å². The van der Waals surface area contributed by atoms with Crippen LogP contribution >= 0.6 is 0 Å². The molecule has 0 spiro atoms. The molecule has 2 aromatic carbocycles. The molecule has 0 atom stereocenters. The van der Waals surface area contributed by atoms with Gasteiger partial charge in [0.15, 0.2) is 0 Å². The number of hydrogen-bond acceptors (Lipinski definition) is 3. The zero-order valence-corrected chi connectivity index (χ0v) is 14.9. The number of benzene rings is 2. The van der Waals surface area contributed by atoms with Crippen molar-refractivity contribution in [3.63, 3.8) is 0 Å². The molecule has 0 saturated heterocycles. The van der Waals surface area contributed by atoms with E-state index in [4.69, 9.17) is 11.1 Å². The maximum Gasteiger partial charge on any atom is 0.254 e. The summed E-state index contributed by atoms with van der Waals surface area (Å²) in [6, 6.07) is 16.8. The number of carbonyl (C=O) groups excluding carboxylic acids is 1. The summed E-state index contributed by atoms with van der Waals surface area (Å²) in [4.78, 5) is 12.2. The molecule has 1 amide bonds. The van der Waals surface area contributed by atoms with Crippen LogP contribution in [-0.4, -0.2) is 21.5 Å². The van der Waals surface area contributed by atoms with Crippen LogP contribution < -0.4 is 11.1 Å². The van der Waals surface area contributed by atoms with E-state index in [1.165, 1.54) is 0 Å². The number of aromatic nitrogens is 2. The lowest BCUT2D eigenvalue weighted by molar-refractivity contribution is 0.0951. The summed E-state index contributed by atoms with van der Waals surface area (Å²) < 4.78 is 1.66.